The zero-order valence-corrected chi connectivity index (χ0v) is 25.3. The third kappa shape index (κ3) is 4.64. The first-order valence-electron chi connectivity index (χ1n) is 15.1. The highest BCUT2D eigenvalue weighted by molar-refractivity contribution is 6.32. The first kappa shape index (κ1) is 30.1. The van der Waals surface area contributed by atoms with Gasteiger partial charge in [0.05, 0.1) is 54.0 Å². The number of anilines is 2. The molecule has 1 unspecified atom stereocenters. The Bertz CT molecular complexity index is 1730. The molecule has 0 radical (unpaired) electrons. The Hall–Kier alpha value is -3.27. The van der Waals surface area contributed by atoms with Crippen LogP contribution in [-0.2, 0) is 15.7 Å². The number of halogens is 6. The fourth-order valence-electron chi connectivity index (χ4n) is 7.72. The Morgan fingerprint density at radius 3 is 2.70 bits per heavy atom. The van der Waals surface area contributed by atoms with Crippen LogP contribution in [0.4, 0.5) is 33.5 Å². The molecule has 1 aromatic carbocycles. The van der Waals surface area contributed by atoms with Gasteiger partial charge in [0.2, 0.25) is 5.88 Å². The molecule has 3 aromatic rings. The summed E-state index contributed by atoms with van der Waals surface area (Å²) in [4.78, 5) is 17.5. The number of nitrogens with zero attached hydrogens (tertiary/aromatic N) is 5. The summed E-state index contributed by atoms with van der Waals surface area (Å²) in [6.07, 6.45) is -4.06. The molecule has 10 nitrogen and oxygen atoms in total. The van der Waals surface area contributed by atoms with Crippen LogP contribution in [0.1, 0.15) is 24.8 Å². The average Bonchev–Trinajstić information content (AvgIpc) is 3.50. The lowest BCUT2D eigenvalue weighted by Gasteiger charge is -2.53. The minimum Gasteiger partial charge on any atom is -0.476 e. The predicted molar refractivity (Wildman–Crippen MR) is 156 cm³/mol. The van der Waals surface area contributed by atoms with E-state index in [2.05, 4.69) is 14.9 Å². The number of hydrogen-bond donors (Lipinski definition) is 1. The van der Waals surface area contributed by atoms with Crippen molar-refractivity contribution in [1.82, 2.24) is 19.9 Å². The molecule has 4 fully saturated rings. The van der Waals surface area contributed by atoms with Crippen molar-refractivity contribution >= 4 is 34.0 Å². The van der Waals surface area contributed by atoms with E-state index in [9.17, 15) is 17.6 Å². The Morgan fingerprint density at radius 1 is 1.11 bits per heavy atom. The van der Waals surface area contributed by atoms with Crippen molar-refractivity contribution in [2.45, 2.75) is 43.2 Å². The second-order valence-electron chi connectivity index (χ2n) is 12.8. The van der Waals surface area contributed by atoms with Gasteiger partial charge in [-0.15, -0.1) is 0 Å². The number of benzene rings is 1. The molecule has 5 aliphatic heterocycles. The Labute approximate surface area is 264 Å². The van der Waals surface area contributed by atoms with Crippen molar-refractivity contribution in [2.24, 2.45) is 5.41 Å². The van der Waals surface area contributed by atoms with E-state index in [1.165, 1.54) is 0 Å². The van der Waals surface area contributed by atoms with Gasteiger partial charge < -0.3 is 29.6 Å². The van der Waals surface area contributed by atoms with Gasteiger partial charge in [0.1, 0.15) is 41.8 Å². The largest absolute Gasteiger partial charge is 0.476 e. The van der Waals surface area contributed by atoms with E-state index in [0.29, 0.717) is 45.9 Å². The number of pyridine rings is 1. The summed E-state index contributed by atoms with van der Waals surface area (Å²) in [7, 11) is 0. The van der Waals surface area contributed by atoms with Crippen LogP contribution in [0.25, 0.3) is 22.2 Å². The maximum Gasteiger partial charge on any atom is 0.418 e. The molecular formula is C30H30ClF5N6O4. The third-order valence-electron chi connectivity index (χ3n) is 9.98. The van der Waals surface area contributed by atoms with Crippen LogP contribution in [0.5, 0.6) is 11.9 Å². The maximum atomic E-state index is 16.7. The normalized spacial score (nSPS) is 27.1. The van der Waals surface area contributed by atoms with Crippen LogP contribution in [0.15, 0.2) is 12.1 Å². The van der Waals surface area contributed by atoms with Crippen molar-refractivity contribution in [3.8, 4) is 23.1 Å². The van der Waals surface area contributed by atoms with Crippen molar-refractivity contribution in [2.75, 3.05) is 69.9 Å². The van der Waals surface area contributed by atoms with Crippen LogP contribution in [0.3, 0.4) is 0 Å². The number of fused-ring (bicyclic) bond motifs is 4. The zero-order valence-electron chi connectivity index (χ0n) is 24.5. The molecule has 246 valence electrons. The fourth-order valence-corrected chi connectivity index (χ4v) is 8.06. The van der Waals surface area contributed by atoms with E-state index in [0.717, 1.165) is 31.5 Å². The van der Waals surface area contributed by atoms with Crippen molar-refractivity contribution < 1.29 is 40.9 Å². The number of alkyl halides is 4. The van der Waals surface area contributed by atoms with Crippen LogP contribution < -0.4 is 20.1 Å². The number of ether oxygens (including phenoxy) is 4. The van der Waals surface area contributed by atoms with Gasteiger partial charge in [-0.05, 0) is 31.5 Å². The molecule has 0 saturated carbocycles. The first-order valence-corrected chi connectivity index (χ1v) is 15.5. The van der Waals surface area contributed by atoms with Gasteiger partial charge in [-0.1, -0.05) is 11.6 Å². The van der Waals surface area contributed by atoms with Crippen molar-refractivity contribution in [3.63, 3.8) is 0 Å². The molecule has 0 aliphatic carbocycles. The Balaban J connectivity index is 1.33. The minimum absolute atomic E-state index is 0.0641. The van der Waals surface area contributed by atoms with Gasteiger partial charge in [0.25, 0.3) is 0 Å². The molecule has 2 aromatic heterocycles. The molecule has 16 heteroatoms. The van der Waals surface area contributed by atoms with Crippen LogP contribution in [-0.4, -0.2) is 96.9 Å². The van der Waals surface area contributed by atoms with E-state index in [-0.39, 0.29) is 53.6 Å². The molecule has 4 saturated heterocycles. The molecule has 1 spiro atoms. The highest BCUT2D eigenvalue weighted by Gasteiger charge is 2.53. The summed E-state index contributed by atoms with van der Waals surface area (Å²) in [6.45, 7) is 2.92. The Kier molecular flexibility index (Phi) is 6.95. The van der Waals surface area contributed by atoms with Crippen LogP contribution >= 0.6 is 11.6 Å². The van der Waals surface area contributed by atoms with Crippen LogP contribution in [0.2, 0.25) is 5.02 Å². The Morgan fingerprint density at radius 2 is 1.93 bits per heavy atom. The molecule has 2 N–H and O–H groups in total. The number of rotatable bonds is 4. The summed E-state index contributed by atoms with van der Waals surface area (Å²) in [6, 6.07) is 1.46. The van der Waals surface area contributed by atoms with Crippen LogP contribution in [0, 0.1) is 11.2 Å². The van der Waals surface area contributed by atoms with Gasteiger partial charge in [0, 0.05) is 30.8 Å². The van der Waals surface area contributed by atoms with Gasteiger partial charge in [0.15, 0.2) is 5.82 Å². The predicted octanol–water partition coefficient (Wildman–Crippen LogP) is 4.65. The number of nitrogens with two attached hydrogens (primary N) is 1. The summed E-state index contributed by atoms with van der Waals surface area (Å²) in [5.41, 5.74) is 1.70. The molecule has 8 rings (SSSR count). The SMILES string of the molecule is Nc1cc(Cl)c(C(F)(F)F)c(-c2nc3c4c(nc(OC[C@@]56CCCN5C[C@H](F)C6)nc4c2F)N2CCOCC2C2(COC2)CO3)c1. The lowest BCUT2D eigenvalue weighted by molar-refractivity contribution is -0.160. The van der Waals surface area contributed by atoms with Gasteiger partial charge in [-0.25, -0.2) is 13.8 Å². The smallest absolute Gasteiger partial charge is 0.418 e. The summed E-state index contributed by atoms with van der Waals surface area (Å²) < 4.78 is 98.0. The molecule has 3 atom stereocenters. The summed E-state index contributed by atoms with van der Waals surface area (Å²) >= 11 is 6.03. The number of nitrogen functional groups attached to an aromatic ring is 1. The minimum atomic E-state index is -4.96. The van der Waals surface area contributed by atoms with Gasteiger partial charge >= 0.3 is 12.2 Å². The highest BCUT2D eigenvalue weighted by Crippen LogP contribution is 2.49. The quantitative estimate of drug-likeness (QED) is 0.312. The zero-order chi connectivity index (χ0) is 32.0. The molecule has 0 amide bonds. The fraction of sp³-hybridized carbons (Fsp3) is 0.567. The van der Waals surface area contributed by atoms with Crippen molar-refractivity contribution in [1.29, 1.82) is 0 Å². The topological polar surface area (TPSA) is 108 Å². The lowest BCUT2D eigenvalue weighted by Crippen LogP contribution is -2.65. The molecule has 5 aliphatic rings. The first-order chi connectivity index (χ1) is 22.0. The van der Waals surface area contributed by atoms with E-state index in [4.69, 9.17) is 41.3 Å². The molecule has 46 heavy (non-hydrogen) atoms. The third-order valence-corrected chi connectivity index (χ3v) is 10.3. The lowest BCUT2D eigenvalue weighted by atomic mass is 9.77. The van der Waals surface area contributed by atoms with Crippen molar-refractivity contribution in [3.05, 3.63) is 28.5 Å². The highest BCUT2D eigenvalue weighted by atomic mass is 35.5. The second-order valence-corrected chi connectivity index (χ2v) is 13.3. The van der Waals surface area contributed by atoms with E-state index >= 15 is 4.39 Å². The monoisotopic (exact) mass is 668 g/mol. The number of aromatic nitrogens is 3. The molecule has 7 heterocycles. The van der Waals surface area contributed by atoms with E-state index in [1.54, 1.807) is 0 Å². The van der Waals surface area contributed by atoms with E-state index in [1.807, 2.05) is 4.90 Å². The van der Waals surface area contributed by atoms with Gasteiger partial charge in [-0.2, -0.15) is 23.1 Å². The number of hydrogen-bond acceptors (Lipinski definition) is 10. The standard InChI is InChI=1S/C30H30ClF5N6O4/c31-18-7-16(37)6-17(21(18)30(34,35)36)23-22(33)24-20-25(40-27(39-24)46-14-29-2-1-3-41(29)9-15(32)8-29)42-4-5-43-10-19(42)28(11-44-12-28)13-45-26(20)38-23/h6-7,15,19H,1-5,8-14,37H2/t15-,19?,29+/m1/s1. The maximum absolute atomic E-state index is 16.7. The van der Waals surface area contributed by atoms with Gasteiger partial charge in [-0.3, -0.25) is 4.90 Å². The summed E-state index contributed by atoms with van der Waals surface area (Å²) in [5, 5.41) is -0.617. The second kappa shape index (κ2) is 10.6. The molecule has 0 bridgehead atoms. The van der Waals surface area contributed by atoms with E-state index < -0.39 is 51.0 Å². The number of morpholine rings is 1. The molecular weight excluding hydrogens is 639 g/mol. The summed E-state index contributed by atoms with van der Waals surface area (Å²) in [5.74, 6) is -1.04. The average molecular weight is 669 g/mol.